The van der Waals surface area contributed by atoms with Gasteiger partial charge in [-0.15, -0.1) is 0 Å². The van der Waals surface area contributed by atoms with Gasteiger partial charge in [0.2, 0.25) is 5.91 Å². The van der Waals surface area contributed by atoms with Crippen LogP contribution in [0.4, 0.5) is 0 Å². The Hall–Kier alpha value is -1.26. The quantitative estimate of drug-likeness (QED) is 0.372. The van der Waals surface area contributed by atoms with Gasteiger partial charge in [0.15, 0.2) is 5.96 Å². The lowest BCUT2D eigenvalue weighted by Crippen LogP contribution is -2.44. The minimum absolute atomic E-state index is 0.0244. The van der Waals surface area contributed by atoms with E-state index >= 15 is 0 Å². The largest absolute Gasteiger partial charge is 0.357 e. The number of nitrogens with one attached hydrogen (secondary N) is 3. The van der Waals surface area contributed by atoms with E-state index in [-0.39, 0.29) is 11.8 Å². The maximum absolute atomic E-state index is 11.4. The molecule has 0 aromatic heterocycles. The van der Waals surface area contributed by atoms with Crippen molar-refractivity contribution >= 4 is 11.9 Å². The topological polar surface area (TPSA) is 65.5 Å². The van der Waals surface area contributed by atoms with Crippen molar-refractivity contribution in [1.29, 1.82) is 0 Å². The van der Waals surface area contributed by atoms with Crippen molar-refractivity contribution in [2.75, 3.05) is 19.6 Å². The minimum atomic E-state index is 0.0244. The predicted molar refractivity (Wildman–Crippen MR) is 81.3 cm³/mol. The Kier molecular flexibility index (Phi) is 9.00. The van der Waals surface area contributed by atoms with Crippen molar-refractivity contribution in [3.63, 3.8) is 0 Å². The zero-order valence-corrected chi connectivity index (χ0v) is 13.2. The van der Waals surface area contributed by atoms with Gasteiger partial charge in [-0.25, -0.2) is 0 Å². The number of rotatable bonds is 7. The van der Waals surface area contributed by atoms with Gasteiger partial charge in [-0.2, -0.15) is 0 Å². The molecule has 112 valence electrons. The molecule has 0 fully saturated rings. The standard InChI is InChI=1S/C14H30N4O/c1-7-15-14(18-12(6)10(2)3)17-9-8-16-13(19)11(4)5/h10-12H,7-9H2,1-6H3,(H,16,19)(H2,15,17,18). The van der Waals surface area contributed by atoms with E-state index in [1.807, 2.05) is 20.8 Å². The molecule has 0 bridgehead atoms. The summed E-state index contributed by atoms with van der Waals surface area (Å²) in [5.41, 5.74) is 0. The molecule has 0 saturated carbocycles. The molecule has 0 radical (unpaired) electrons. The van der Waals surface area contributed by atoms with Crippen molar-refractivity contribution in [3.8, 4) is 0 Å². The maximum Gasteiger partial charge on any atom is 0.222 e. The summed E-state index contributed by atoms with van der Waals surface area (Å²) < 4.78 is 0. The van der Waals surface area contributed by atoms with Crippen molar-refractivity contribution in [2.24, 2.45) is 16.8 Å². The predicted octanol–water partition coefficient (Wildman–Crippen LogP) is 1.36. The molecule has 0 heterocycles. The van der Waals surface area contributed by atoms with E-state index < -0.39 is 0 Å². The third kappa shape index (κ3) is 8.46. The monoisotopic (exact) mass is 270 g/mol. The lowest BCUT2D eigenvalue weighted by molar-refractivity contribution is -0.123. The van der Waals surface area contributed by atoms with Gasteiger partial charge in [0.05, 0.1) is 6.54 Å². The Bertz CT molecular complexity index is 287. The molecule has 1 unspecified atom stereocenters. The number of aliphatic imine (C=N–C) groups is 1. The minimum Gasteiger partial charge on any atom is -0.357 e. The van der Waals surface area contributed by atoms with Crippen LogP contribution in [0.5, 0.6) is 0 Å². The summed E-state index contributed by atoms with van der Waals surface area (Å²) in [7, 11) is 0. The number of hydrogen-bond donors (Lipinski definition) is 3. The van der Waals surface area contributed by atoms with E-state index in [4.69, 9.17) is 0 Å². The van der Waals surface area contributed by atoms with E-state index in [9.17, 15) is 4.79 Å². The summed E-state index contributed by atoms with van der Waals surface area (Å²) in [6, 6.07) is 0.364. The smallest absolute Gasteiger partial charge is 0.222 e. The molecule has 0 aromatic rings. The summed E-state index contributed by atoms with van der Waals surface area (Å²) in [5, 5.41) is 9.41. The van der Waals surface area contributed by atoms with Crippen LogP contribution < -0.4 is 16.0 Å². The van der Waals surface area contributed by atoms with Crippen LogP contribution in [0.25, 0.3) is 0 Å². The average molecular weight is 270 g/mol. The van der Waals surface area contributed by atoms with Crippen molar-refractivity contribution in [1.82, 2.24) is 16.0 Å². The van der Waals surface area contributed by atoms with Gasteiger partial charge >= 0.3 is 0 Å². The molecule has 3 N–H and O–H groups in total. The first-order valence-electron chi connectivity index (χ1n) is 7.21. The highest BCUT2D eigenvalue weighted by Crippen LogP contribution is 1.99. The van der Waals surface area contributed by atoms with Gasteiger partial charge in [0.1, 0.15) is 0 Å². The first-order chi connectivity index (χ1) is 8.88. The second-order valence-corrected chi connectivity index (χ2v) is 5.38. The van der Waals surface area contributed by atoms with Crippen LogP contribution in [0.2, 0.25) is 0 Å². The van der Waals surface area contributed by atoms with Crippen LogP contribution in [0.1, 0.15) is 41.5 Å². The van der Waals surface area contributed by atoms with Crippen LogP contribution in [0, 0.1) is 11.8 Å². The average Bonchev–Trinajstić information content (AvgIpc) is 2.33. The summed E-state index contributed by atoms with van der Waals surface area (Å²) in [4.78, 5) is 15.8. The van der Waals surface area contributed by atoms with E-state index in [0.29, 0.717) is 25.0 Å². The molecular weight excluding hydrogens is 240 g/mol. The number of hydrogen-bond acceptors (Lipinski definition) is 2. The highest BCUT2D eigenvalue weighted by Gasteiger charge is 2.09. The summed E-state index contributed by atoms with van der Waals surface area (Å²) in [6.07, 6.45) is 0. The second-order valence-electron chi connectivity index (χ2n) is 5.38. The summed E-state index contributed by atoms with van der Waals surface area (Å²) >= 11 is 0. The molecule has 1 atom stereocenters. The van der Waals surface area contributed by atoms with E-state index in [1.54, 1.807) is 0 Å². The fraction of sp³-hybridized carbons (Fsp3) is 0.857. The van der Waals surface area contributed by atoms with Crippen LogP contribution in [0.3, 0.4) is 0 Å². The zero-order chi connectivity index (χ0) is 14.8. The molecule has 5 heteroatoms. The normalized spacial score (nSPS) is 13.6. The highest BCUT2D eigenvalue weighted by atomic mass is 16.1. The Balaban J connectivity index is 4.16. The molecular formula is C14H30N4O. The van der Waals surface area contributed by atoms with Crippen molar-refractivity contribution in [3.05, 3.63) is 0 Å². The Morgan fingerprint density at radius 1 is 1.11 bits per heavy atom. The molecule has 0 aliphatic rings. The van der Waals surface area contributed by atoms with Crippen molar-refractivity contribution < 1.29 is 4.79 Å². The fourth-order valence-electron chi connectivity index (χ4n) is 1.25. The van der Waals surface area contributed by atoms with Crippen LogP contribution in [-0.4, -0.2) is 37.5 Å². The maximum atomic E-state index is 11.4. The van der Waals surface area contributed by atoms with Crippen LogP contribution in [0.15, 0.2) is 4.99 Å². The first-order valence-corrected chi connectivity index (χ1v) is 7.21. The number of carbonyl (C=O) groups is 1. The molecule has 0 rings (SSSR count). The van der Waals surface area contributed by atoms with E-state index in [2.05, 4.69) is 41.7 Å². The molecule has 19 heavy (non-hydrogen) atoms. The van der Waals surface area contributed by atoms with Crippen LogP contribution in [-0.2, 0) is 4.79 Å². The van der Waals surface area contributed by atoms with Crippen molar-refractivity contribution in [2.45, 2.75) is 47.6 Å². The van der Waals surface area contributed by atoms with Gasteiger partial charge in [-0.3, -0.25) is 9.79 Å². The molecule has 0 aliphatic carbocycles. The van der Waals surface area contributed by atoms with Gasteiger partial charge in [0.25, 0.3) is 0 Å². The Morgan fingerprint density at radius 3 is 2.21 bits per heavy atom. The molecule has 1 amide bonds. The number of carbonyl (C=O) groups excluding carboxylic acids is 1. The highest BCUT2D eigenvalue weighted by molar-refractivity contribution is 5.80. The fourth-order valence-corrected chi connectivity index (χ4v) is 1.25. The van der Waals surface area contributed by atoms with Gasteiger partial charge < -0.3 is 16.0 Å². The second kappa shape index (κ2) is 9.64. The van der Waals surface area contributed by atoms with Gasteiger partial charge in [-0.1, -0.05) is 27.7 Å². The molecule has 5 nitrogen and oxygen atoms in total. The molecule has 0 aliphatic heterocycles. The number of guanidine groups is 1. The summed E-state index contributed by atoms with van der Waals surface area (Å²) in [5.74, 6) is 1.45. The SMILES string of the molecule is CCNC(=NCCNC(=O)C(C)C)NC(C)C(C)C. The molecule has 0 aromatic carbocycles. The third-order valence-electron chi connectivity index (χ3n) is 2.91. The van der Waals surface area contributed by atoms with E-state index in [0.717, 1.165) is 12.5 Å². The lowest BCUT2D eigenvalue weighted by atomic mass is 10.1. The zero-order valence-electron chi connectivity index (χ0n) is 13.2. The third-order valence-corrected chi connectivity index (χ3v) is 2.91. The Labute approximate surface area is 117 Å². The molecule has 0 spiro atoms. The van der Waals surface area contributed by atoms with Gasteiger partial charge in [-0.05, 0) is 19.8 Å². The summed E-state index contributed by atoms with van der Waals surface area (Å²) in [6.45, 7) is 14.3. The number of amides is 1. The lowest BCUT2D eigenvalue weighted by Gasteiger charge is -2.20. The van der Waals surface area contributed by atoms with Crippen LogP contribution >= 0.6 is 0 Å². The van der Waals surface area contributed by atoms with E-state index in [1.165, 1.54) is 0 Å². The first kappa shape index (κ1) is 17.7. The molecule has 0 saturated heterocycles. The Morgan fingerprint density at radius 2 is 1.74 bits per heavy atom. The van der Waals surface area contributed by atoms with Gasteiger partial charge in [0, 0.05) is 25.0 Å². The number of nitrogens with zero attached hydrogens (tertiary/aromatic N) is 1.